The van der Waals surface area contributed by atoms with Gasteiger partial charge in [-0.15, -0.1) is 0 Å². The molecule has 0 aliphatic heterocycles. The Kier molecular flexibility index (Phi) is 39.6. The number of nitrogens with zero attached hydrogens (tertiary/aromatic N) is 2. The number of urea groups is 3. The van der Waals surface area contributed by atoms with E-state index >= 15 is 0 Å². The van der Waals surface area contributed by atoms with Crippen LogP contribution in [-0.2, 0) is 24.8 Å². The van der Waals surface area contributed by atoms with E-state index in [9.17, 15) is 40.8 Å². The van der Waals surface area contributed by atoms with Gasteiger partial charge in [0.05, 0.1) is 30.5 Å². The van der Waals surface area contributed by atoms with Gasteiger partial charge in [-0.05, 0) is 203 Å². The van der Waals surface area contributed by atoms with Crippen molar-refractivity contribution in [3.8, 4) is 0 Å². The molecular weight excluding hydrogens is 1240 g/mol. The van der Waals surface area contributed by atoms with Crippen LogP contribution in [0.3, 0.4) is 0 Å². The molecule has 0 aliphatic carbocycles. The summed E-state index contributed by atoms with van der Waals surface area (Å²) in [4.78, 5) is 56.2. The third-order valence-corrected chi connectivity index (χ3v) is 15.8. The molecule has 7 aromatic carbocycles. The minimum absolute atomic E-state index is 0.00463. The zero-order chi connectivity index (χ0) is 71.7. The summed E-state index contributed by atoms with van der Waals surface area (Å²) in [5.41, 5.74) is 13.3. The largest absolute Gasteiger partial charge is 0.453 e. The molecule has 0 aliphatic rings. The maximum atomic E-state index is 11.5. The molecule has 0 saturated carbocycles. The molecule has 20 nitrogen and oxygen atoms in total. The first-order chi connectivity index (χ1) is 44.7. The van der Waals surface area contributed by atoms with E-state index in [0.717, 1.165) is 87.5 Å². The van der Waals surface area contributed by atoms with Crippen LogP contribution in [0.1, 0.15) is 117 Å². The number of nitrogens with one attached hydrogen (secondary N) is 8. The van der Waals surface area contributed by atoms with E-state index in [4.69, 9.17) is 0 Å². The Morgan fingerprint density at radius 1 is 0.432 bits per heavy atom. The summed E-state index contributed by atoms with van der Waals surface area (Å²) < 4.78 is 52.3. The molecule has 0 atom stereocenters. The van der Waals surface area contributed by atoms with Crippen LogP contribution in [0.15, 0.2) is 170 Å². The van der Waals surface area contributed by atoms with Crippen LogP contribution >= 0.6 is 0 Å². The molecular formula is C73H104N10O10S2. The number of methoxy groups -OCH3 is 1. The molecule has 0 fully saturated rings. The molecule has 0 aromatic heterocycles. The molecule has 0 radical (unpaired) electrons. The number of benzene rings is 7. The Morgan fingerprint density at radius 2 is 0.779 bits per heavy atom. The molecule has 95 heavy (non-hydrogen) atoms. The van der Waals surface area contributed by atoms with Crippen molar-refractivity contribution in [2.45, 2.75) is 128 Å². The fraction of sp³-hybridized carbons (Fsp3) is 0.356. The van der Waals surface area contributed by atoms with E-state index in [1.165, 1.54) is 27.5 Å². The van der Waals surface area contributed by atoms with Gasteiger partial charge in [-0.3, -0.25) is 18.7 Å². The summed E-state index contributed by atoms with van der Waals surface area (Å²) in [5, 5.41) is 22.0. The quantitative estimate of drug-likeness (QED) is 0.0400. The Balaban J connectivity index is 0.000000555. The average molecular weight is 1350 g/mol. The van der Waals surface area contributed by atoms with Crippen molar-refractivity contribution in [1.82, 2.24) is 21.3 Å². The van der Waals surface area contributed by atoms with E-state index in [-0.39, 0.29) is 41.8 Å². The lowest BCUT2D eigenvalue weighted by Crippen LogP contribution is -2.34. The van der Waals surface area contributed by atoms with Gasteiger partial charge >= 0.3 is 24.2 Å². The highest BCUT2D eigenvalue weighted by Gasteiger charge is 2.15. The molecule has 7 aromatic rings. The van der Waals surface area contributed by atoms with Crippen LogP contribution in [0.5, 0.6) is 0 Å². The SMILES string of the molecule is CCCCNC(=O)Nc1cccc(C)c1.CCCNC(=O)Nc1cccc(C)c1.CCS(=O)(=O)N(C)c1ccc(C)cc1.COC(=O)Nc1cccc(C)c1.Cc1ccc(C(=O)NC(C)C)cc1.Cc1ccc(N(C)S(C)(=O)=O)cc1.Cc1cccc(NC(=O)NC(C)C)c1. The molecule has 0 heterocycles. The second kappa shape index (κ2) is 45.0. The van der Waals surface area contributed by atoms with Crippen LogP contribution in [0.25, 0.3) is 0 Å². The van der Waals surface area contributed by atoms with Gasteiger partial charge in [0.1, 0.15) is 0 Å². The molecule has 7 rings (SSSR count). The maximum Gasteiger partial charge on any atom is 0.411 e. The van der Waals surface area contributed by atoms with E-state index in [2.05, 4.69) is 54.2 Å². The Bertz CT molecular complexity index is 3640. The Hall–Kier alpha value is -9.41. The number of amides is 8. The lowest BCUT2D eigenvalue weighted by Gasteiger charge is -2.18. The molecule has 0 bridgehead atoms. The monoisotopic (exact) mass is 1340 g/mol. The highest BCUT2D eigenvalue weighted by Crippen LogP contribution is 2.18. The molecule has 22 heteroatoms. The topological polar surface area (TPSA) is 266 Å². The van der Waals surface area contributed by atoms with Crippen molar-refractivity contribution >= 4 is 84.3 Å². The van der Waals surface area contributed by atoms with Crippen molar-refractivity contribution in [2.24, 2.45) is 0 Å². The summed E-state index contributed by atoms with van der Waals surface area (Å²) in [6, 6.07) is 52.9. The van der Waals surface area contributed by atoms with Crippen molar-refractivity contribution in [3.05, 3.63) is 214 Å². The normalized spacial score (nSPS) is 10.2. The zero-order valence-electron chi connectivity index (χ0n) is 58.9. The highest BCUT2D eigenvalue weighted by atomic mass is 32.2. The van der Waals surface area contributed by atoms with Crippen molar-refractivity contribution in [2.75, 3.05) is 76.2 Å². The van der Waals surface area contributed by atoms with E-state index < -0.39 is 26.1 Å². The minimum Gasteiger partial charge on any atom is -0.453 e. The number of carbonyl (C=O) groups is 5. The lowest BCUT2D eigenvalue weighted by atomic mass is 10.1. The van der Waals surface area contributed by atoms with Gasteiger partial charge in [0.25, 0.3) is 5.91 Å². The summed E-state index contributed by atoms with van der Waals surface area (Å²) in [7, 11) is -1.81. The van der Waals surface area contributed by atoms with Gasteiger partial charge in [-0.25, -0.2) is 36.0 Å². The number of hydrogen-bond donors (Lipinski definition) is 8. The van der Waals surface area contributed by atoms with Gasteiger partial charge < -0.3 is 42.0 Å². The number of ether oxygens (including phenoxy) is 1. The zero-order valence-corrected chi connectivity index (χ0v) is 60.5. The van der Waals surface area contributed by atoms with Crippen molar-refractivity contribution in [1.29, 1.82) is 0 Å². The van der Waals surface area contributed by atoms with Crippen molar-refractivity contribution in [3.63, 3.8) is 0 Å². The molecule has 0 unspecified atom stereocenters. The first-order valence-corrected chi connectivity index (χ1v) is 34.9. The summed E-state index contributed by atoms with van der Waals surface area (Å²) >= 11 is 0. The lowest BCUT2D eigenvalue weighted by molar-refractivity contribution is 0.0942. The molecule has 8 N–H and O–H groups in total. The predicted octanol–water partition coefficient (Wildman–Crippen LogP) is 15.4. The number of unbranched alkanes of at least 4 members (excludes halogenated alkanes) is 1. The van der Waals surface area contributed by atoms with Crippen LogP contribution < -0.4 is 51.1 Å². The van der Waals surface area contributed by atoms with E-state index in [0.29, 0.717) is 17.9 Å². The van der Waals surface area contributed by atoms with Gasteiger partial charge in [0, 0.05) is 67.6 Å². The fourth-order valence-electron chi connectivity index (χ4n) is 7.56. The van der Waals surface area contributed by atoms with Gasteiger partial charge in [0.15, 0.2) is 0 Å². The molecule has 518 valence electrons. The van der Waals surface area contributed by atoms with E-state index in [1.807, 2.05) is 241 Å². The smallest absolute Gasteiger partial charge is 0.411 e. The summed E-state index contributed by atoms with van der Waals surface area (Å²) in [6.07, 6.45) is 3.79. The predicted molar refractivity (Wildman–Crippen MR) is 395 cm³/mol. The second-order valence-corrected chi connectivity index (χ2v) is 27.0. The number of carbonyl (C=O) groups excluding carboxylic acids is 5. The maximum absolute atomic E-state index is 11.5. The Labute approximate surface area is 566 Å². The number of anilines is 6. The average Bonchev–Trinajstić information content (AvgIpc) is 1.05. The van der Waals surface area contributed by atoms with Crippen LogP contribution in [0.4, 0.5) is 53.3 Å². The van der Waals surface area contributed by atoms with Gasteiger partial charge in [-0.1, -0.05) is 122 Å². The summed E-state index contributed by atoms with van der Waals surface area (Å²) in [6.45, 7) is 28.8. The van der Waals surface area contributed by atoms with Crippen molar-refractivity contribution < 1.29 is 45.5 Å². The van der Waals surface area contributed by atoms with Crippen LogP contribution in [-0.4, -0.2) is 105 Å². The van der Waals surface area contributed by atoms with Crippen LogP contribution in [0, 0.1) is 48.5 Å². The highest BCUT2D eigenvalue weighted by molar-refractivity contribution is 7.92. The summed E-state index contributed by atoms with van der Waals surface area (Å²) in [5.74, 6) is 0.118. The van der Waals surface area contributed by atoms with Crippen LogP contribution in [0.2, 0.25) is 0 Å². The van der Waals surface area contributed by atoms with Gasteiger partial charge in [0.2, 0.25) is 20.0 Å². The number of rotatable bonds is 17. The molecule has 8 amide bonds. The first kappa shape index (κ1) is 83.6. The number of hydrogen-bond acceptors (Lipinski definition) is 10. The number of sulfonamides is 2. The van der Waals surface area contributed by atoms with E-state index in [1.54, 1.807) is 33.2 Å². The second-order valence-electron chi connectivity index (χ2n) is 22.7. The first-order valence-electron chi connectivity index (χ1n) is 31.4. The molecule has 0 saturated heterocycles. The third-order valence-electron chi connectivity index (χ3n) is 12.9. The number of aryl methyl sites for hydroxylation is 7. The van der Waals surface area contributed by atoms with Gasteiger partial charge in [-0.2, -0.15) is 0 Å². The Morgan fingerprint density at radius 3 is 1.11 bits per heavy atom. The molecule has 0 spiro atoms. The standard InChI is InChI=1S/C12H18N2O.2C11H16N2O.C11H15NO.C10H15NO2S.C9H13NO2S.C9H11NO2/c1-3-4-8-13-12(15)14-11-7-5-6-10(2)9-11;1-8(2)12-11(14)13-10-6-4-5-9(3)7-10;1-3-7-12-11(14)13-10-6-4-5-9(2)8-10;1-8(2)12-11(13)10-6-4-9(3)5-7-10;1-4-14(12,13)11(3)10-7-5-9(2)6-8-10;1-8-4-6-9(7-5-8)10(2)13(3,11)12;1-7-4-3-5-8(6-7)10-9(11)12-2/h5-7,9H,3-4,8H2,1-2H3,(H2,13,14,15);4-8H,1-3H3,(H2,12,13,14);4-6,8H,3,7H2,1-2H3,(H2,12,13,14);4-8H,1-3H3,(H,12,13);5-8H,4H2,1-3H3;4-7H,1-3H3;3-6H,1-2H3,(H,10,11). The minimum atomic E-state index is -3.14. The fourth-order valence-corrected chi connectivity index (χ4v) is 8.90. The third kappa shape index (κ3) is 38.4.